The van der Waals surface area contributed by atoms with Crippen LogP contribution >= 0.6 is 0 Å². The summed E-state index contributed by atoms with van der Waals surface area (Å²) in [6.07, 6.45) is 0.0693. The first-order valence-corrected chi connectivity index (χ1v) is 8.69. The van der Waals surface area contributed by atoms with E-state index in [4.69, 9.17) is 4.74 Å². The molecule has 1 heterocycles. The highest BCUT2D eigenvalue weighted by Gasteiger charge is 2.09. The van der Waals surface area contributed by atoms with Crippen molar-refractivity contribution < 1.29 is 4.74 Å². The van der Waals surface area contributed by atoms with Crippen molar-refractivity contribution in [1.82, 2.24) is 9.97 Å². The van der Waals surface area contributed by atoms with Crippen molar-refractivity contribution in [2.24, 2.45) is 0 Å². The molecule has 0 saturated heterocycles. The summed E-state index contributed by atoms with van der Waals surface area (Å²) in [6, 6.07) is 19.0. The summed E-state index contributed by atoms with van der Waals surface area (Å²) in [4.78, 5) is 8.94. The number of aromatic nitrogens is 2. The van der Waals surface area contributed by atoms with Crippen molar-refractivity contribution in [3.8, 4) is 11.8 Å². The van der Waals surface area contributed by atoms with E-state index in [2.05, 4.69) is 26.7 Å². The van der Waals surface area contributed by atoms with Crippen LogP contribution in [-0.2, 0) is 0 Å². The van der Waals surface area contributed by atoms with E-state index in [0.717, 1.165) is 17.1 Å². The fraction of sp³-hybridized carbons (Fsp3) is 0.190. The van der Waals surface area contributed by atoms with Gasteiger partial charge in [0.05, 0.1) is 23.0 Å². The van der Waals surface area contributed by atoms with Gasteiger partial charge in [0.1, 0.15) is 17.6 Å². The maximum absolute atomic E-state index is 9.25. The lowest BCUT2D eigenvalue weighted by molar-refractivity contribution is 0.244. The molecule has 136 valence electrons. The molecule has 0 amide bonds. The van der Waals surface area contributed by atoms with Gasteiger partial charge in [0, 0.05) is 11.8 Å². The van der Waals surface area contributed by atoms with Crippen LogP contribution in [0.2, 0.25) is 0 Å². The number of hydrogen-bond donors (Lipinski definition) is 2. The Kier molecular flexibility index (Phi) is 5.53. The molecule has 0 atom stereocenters. The lowest BCUT2D eigenvalue weighted by atomic mass is 10.2. The Morgan fingerprint density at radius 3 is 2.41 bits per heavy atom. The van der Waals surface area contributed by atoms with E-state index in [0.29, 0.717) is 23.0 Å². The molecule has 2 aromatic carbocycles. The minimum absolute atomic E-state index is 0.0693. The molecule has 0 aliphatic carbocycles. The zero-order chi connectivity index (χ0) is 19.2. The van der Waals surface area contributed by atoms with Gasteiger partial charge in [-0.1, -0.05) is 24.3 Å². The van der Waals surface area contributed by atoms with Crippen LogP contribution in [0.25, 0.3) is 0 Å². The summed E-state index contributed by atoms with van der Waals surface area (Å²) in [6.45, 7) is 5.87. The molecule has 0 aliphatic rings. The average molecular weight is 359 g/mol. The van der Waals surface area contributed by atoms with Crippen LogP contribution in [0.4, 0.5) is 23.1 Å². The molecule has 0 radical (unpaired) electrons. The van der Waals surface area contributed by atoms with Crippen LogP contribution in [0.1, 0.15) is 25.1 Å². The molecule has 27 heavy (non-hydrogen) atoms. The van der Waals surface area contributed by atoms with Crippen molar-refractivity contribution in [2.45, 2.75) is 26.9 Å². The second kappa shape index (κ2) is 8.19. The second-order valence-electron chi connectivity index (χ2n) is 6.29. The highest BCUT2D eigenvalue weighted by atomic mass is 16.5. The molecule has 3 rings (SSSR count). The fourth-order valence-corrected chi connectivity index (χ4v) is 2.56. The van der Waals surface area contributed by atoms with Crippen LogP contribution in [0.15, 0.2) is 54.6 Å². The lowest BCUT2D eigenvalue weighted by Crippen LogP contribution is -2.08. The molecular weight excluding hydrogens is 338 g/mol. The molecule has 6 nitrogen and oxygen atoms in total. The van der Waals surface area contributed by atoms with Crippen LogP contribution in [0.5, 0.6) is 5.75 Å². The van der Waals surface area contributed by atoms with Crippen molar-refractivity contribution in [1.29, 1.82) is 5.26 Å². The number of aryl methyl sites for hydroxylation is 1. The molecule has 1 aromatic heterocycles. The van der Waals surface area contributed by atoms with E-state index in [1.54, 1.807) is 6.07 Å². The Morgan fingerprint density at radius 2 is 1.67 bits per heavy atom. The number of para-hydroxylation sites is 3. The minimum atomic E-state index is 0.0693. The Bertz CT molecular complexity index is 978. The lowest BCUT2D eigenvalue weighted by Gasteiger charge is -2.16. The summed E-state index contributed by atoms with van der Waals surface area (Å²) in [5, 5.41) is 15.7. The molecule has 0 bridgehead atoms. The predicted octanol–water partition coefficient (Wildman–Crippen LogP) is 4.93. The van der Waals surface area contributed by atoms with Crippen molar-refractivity contribution >= 4 is 23.1 Å². The van der Waals surface area contributed by atoms with Crippen molar-refractivity contribution in [3.63, 3.8) is 0 Å². The number of rotatable bonds is 6. The van der Waals surface area contributed by atoms with Crippen molar-refractivity contribution in [3.05, 3.63) is 65.9 Å². The molecule has 2 N–H and O–H groups in total. The fourth-order valence-electron chi connectivity index (χ4n) is 2.56. The molecule has 0 spiro atoms. The Morgan fingerprint density at radius 1 is 0.963 bits per heavy atom. The molecule has 0 aliphatic heterocycles. The van der Waals surface area contributed by atoms with Gasteiger partial charge in [0.25, 0.3) is 0 Å². The van der Waals surface area contributed by atoms with Gasteiger partial charge in [-0.05, 0) is 45.0 Å². The summed E-state index contributed by atoms with van der Waals surface area (Å²) >= 11 is 0. The van der Waals surface area contributed by atoms with Gasteiger partial charge in [0.15, 0.2) is 0 Å². The predicted molar refractivity (Wildman–Crippen MR) is 107 cm³/mol. The summed E-state index contributed by atoms with van der Waals surface area (Å²) in [5.74, 6) is 1.81. The third-order valence-electron chi connectivity index (χ3n) is 3.66. The second-order valence-corrected chi connectivity index (χ2v) is 6.29. The van der Waals surface area contributed by atoms with Gasteiger partial charge in [0.2, 0.25) is 5.95 Å². The molecule has 0 unspecified atom stereocenters. The number of nitrogens with one attached hydrogen (secondary N) is 2. The first-order valence-electron chi connectivity index (χ1n) is 8.69. The summed E-state index contributed by atoms with van der Waals surface area (Å²) in [5.41, 5.74) is 2.83. The normalized spacial score (nSPS) is 10.3. The van der Waals surface area contributed by atoms with Gasteiger partial charge < -0.3 is 15.4 Å². The van der Waals surface area contributed by atoms with Gasteiger partial charge in [-0.3, -0.25) is 0 Å². The average Bonchev–Trinajstić information content (AvgIpc) is 2.63. The molecule has 6 heteroatoms. The highest BCUT2D eigenvalue weighted by molar-refractivity contribution is 5.67. The maximum atomic E-state index is 9.25. The van der Waals surface area contributed by atoms with E-state index < -0.39 is 0 Å². The number of nitriles is 1. The quantitative estimate of drug-likeness (QED) is 0.649. The highest BCUT2D eigenvalue weighted by Crippen LogP contribution is 2.28. The Labute approximate surface area is 158 Å². The monoisotopic (exact) mass is 359 g/mol. The van der Waals surface area contributed by atoms with Gasteiger partial charge in [-0.25, -0.2) is 4.98 Å². The molecule has 3 aromatic rings. The van der Waals surface area contributed by atoms with Gasteiger partial charge >= 0.3 is 0 Å². The summed E-state index contributed by atoms with van der Waals surface area (Å²) in [7, 11) is 0. The number of ether oxygens (including phenoxy) is 1. The Hall–Kier alpha value is -3.59. The zero-order valence-electron chi connectivity index (χ0n) is 15.5. The minimum Gasteiger partial charge on any atom is -0.489 e. The number of hydrogen-bond acceptors (Lipinski definition) is 6. The summed E-state index contributed by atoms with van der Waals surface area (Å²) < 4.78 is 5.85. The van der Waals surface area contributed by atoms with Crippen LogP contribution in [-0.4, -0.2) is 16.1 Å². The van der Waals surface area contributed by atoms with Crippen LogP contribution in [0.3, 0.4) is 0 Å². The third kappa shape index (κ3) is 4.73. The van der Waals surface area contributed by atoms with E-state index in [1.165, 1.54) is 0 Å². The topological polar surface area (TPSA) is 82.9 Å². The number of nitrogens with zero attached hydrogens (tertiary/aromatic N) is 3. The molecule has 0 fully saturated rings. The first kappa shape index (κ1) is 18.2. The number of anilines is 4. The molecular formula is C21H21N5O. The SMILES string of the molecule is Cc1cc(Nc2ccccc2OC(C)C)nc(Nc2ccccc2C#N)n1. The third-order valence-corrected chi connectivity index (χ3v) is 3.66. The number of benzene rings is 2. The van der Waals surface area contributed by atoms with Crippen LogP contribution in [0, 0.1) is 18.3 Å². The van der Waals surface area contributed by atoms with Crippen LogP contribution < -0.4 is 15.4 Å². The van der Waals surface area contributed by atoms with E-state index >= 15 is 0 Å². The van der Waals surface area contributed by atoms with Gasteiger partial charge in [-0.15, -0.1) is 0 Å². The van der Waals surface area contributed by atoms with Crippen molar-refractivity contribution in [2.75, 3.05) is 10.6 Å². The zero-order valence-corrected chi connectivity index (χ0v) is 15.5. The first-order chi connectivity index (χ1) is 13.0. The van der Waals surface area contributed by atoms with E-state index in [-0.39, 0.29) is 6.10 Å². The van der Waals surface area contributed by atoms with E-state index in [1.807, 2.05) is 69.3 Å². The smallest absolute Gasteiger partial charge is 0.229 e. The van der Waals surface area contributed by atoms with E-state index in [9.17, 15) is 5.26 Å². The maximum Gasteiger partial charge on any atom is 0.229 e. The molecule has 0 saturated carbocycles. The standard InChI is InChI=1S/C21H21N5O/c1-14(2)27-19-11-7-6-10-18(19)24-20-12-15(3)23-21(26-20)25-17-9-5-4-8-16(17)13-22/h4-12,14H,1-3H3,(H2,23,24,25,26). The van der Waals surface area contributed by atoms with Gasteiger partial charge in [-0.2, -0.15) is 10.2 Å². The largest absolute Gasteiger partial charge is 0.489 e. The Balaban J connectivity index is 1.88.